The molecule has 4 nitrogen and oxygen atoms in total. The number of hydrogen-bond acceptors (Lipinski definition) is 4. The van der Waals surface area contributed by atoms with Crippen LogP contribution in [0.1, 0.15) is 12.8 Å². The van der Waals surface area contributed by atoms with Crippen LogP contribution in [-0.4, -0.2) is 29.2 Å². The van der Waals surface area contributed by atoms with E-state index in [1.807, 2.05) is 36.4 Å². The third-order valence-electron chi connectivity index (χ3n) is 3.29. The standard InChI is InChI=1S/C15H17N3O/c1-2-4-12(5-3-1)14-10-15(18-11-17-14)19-13-6-8-16-9-7-13/h1-5,10-11,13,16H,6-9H2. The predicted octanol–water partition coefficient (Wildman–Crippen LogP) is 2.27. The summed E-state index contributed by atoms with van der Waals surface area (Å²) in [5.74, 6) is 0.667. The van der Waals surface area contributed by atoms with Crippen LogP contribution in [0.2, 0.25) is 0 Å². The molecule has 1 N–H and O–H groups in total. The third kappa shape index (κ3) is 3.09. The molecule has 19 heavy (non-hydrogen) atoms. The zero-order chi connectivity index (χ0) is 12.9. The predicted molar refractivity (Wildman–Crippen MR) is 74.0 cm³/mol. The van der Waals surface area contributed by atoms with Gasteiger partial charge in [-0.05, 0) is 25.9 Å². The Balaban J connectivity index is 1.76. The molecular weight excluding hydrogens is 238 g/mol. The molecule has 0 atom stereocenters. The van der Waals surface area contributed by atoms with Crippen molar-refractivity contribution in [1.82, 2.24) is 15.3 Å². The third-order valence-corrected chi connectivity index (χ3v) is 3.29. The van der Waals surface area contributed by atoms with Crippen LogP contribution >= 0.6 is 0 Å². The largest absolute Gasteiger partial charge is 0.474 e. The van der Waals surface area contributed by atoms with E-state index in [9.17, 15) is 0 Å². The number of hydrogen-bond donors (Lipinski definition) is 1. The molecule has 4 heteroatoms. The van der Waals surface area contributed by atoms with Gasteiger partial charge in [-0.15, -0.1) is 0 Å². The number of nitrogens with one attached hydrogen (secondary N) is 1. The molecule has 1 aromatic heterocycles. The van der Waals surface area contributed by atoms with Gasteiger partial charge >= 0.3 is 0 Å². The first-order chi connectivity index (χ1) is 9.42. The molecule has 98 valence electrons. The van der Waals surface area contributed by atoms with Gasteiger partial charge in [0.05, 0.1) is 5.69 Å². The van der Waals surface area contributed by atoms with Gasteiger partial charge in [-0.2, -0.15) is 0 Å². The van der Waals surface area contributed by atoms with Crippen molar-refractivity contribution < 1.29 is 4.74 Å². The molecule has 1 aliphatic heterocycles. The molecular formula is C15H17N3O. The molecule has 0 aliphatic carbocycles. The number of rotatable bonds is 3. The minimum Gasteiger partial charge on any atom is -0.474 e. The van der Waals surface area contributed by atoms with Crippen molar-refractivity contribution in [2.24, 2.45) is 0 Å². The highest BCUT2D eigenvalue weighted by molar-refractivity contribution is 5.59. The summed E-state index contributed by atoms with van der Waals surface area (Å²) >= 11 is 0. The second-order valence-electron chi connectivity index (χ2n) is 4.67. The normalized spacial score (nSPS) is 16.2. The zero-order valence-electron chi connectivity index (χ0n) is 10.7. The number of nitrogens with zero attached hydrogens (tertiary/aromatic N) is 2. The minimum absolute atomic E-state index is 0.264. The zero-order valence-corrected chi connectivity index (χ0v) is 10.7. The molecule has 0 saturated carbocycles. The van der Waals surface area contributed by atoms with Gasteiger partial charge in [0.2, 0.25) is 5.88 Å². The second-order valence-corrected chi connectivity index (χ2v) is 4.67. The average Bonchev–Trinajstić information content (AvgIpc) is 2.49. The summed E-state index contributed by atoms with van der Waals surface area (Å²) in [6.07, 6.45) is 3.90. The fraction of sp³-hybridized carbons (Fsp3) is 0.333. The Bertz CT molecular complexity index is 524. The average molecular weight is 255 g/mol. The van der Waals surface area contributed by atoms with Crippen molar-refractivity contribution in [2.75, 3.05) is 13.1 Å². The van der Waals surface area contributed by atoms with E-state index in [0.717, 1.165) is 37.2 Å². The summed E-state index contributed by atoms with van der Waals surface area (Å²) in [6.45, 7) is 2.03. The topological polar surface area (TPSA) is 47.0 Å². The number of piperidine rings is 1. The summed E-state index contributed by atoms with van der Waals surface area (Å²) in [7, 11) is 0. The van der Waals surface area contributed by atoms with Gasteiger partial charge in [-0.3, -0.25) is 0 Å². The van der Waals surface area contributed by atoms with Crippen LogP contribution in [0.5, 0.6) is 5.88 Å². The molecule has 2 heterocycles. The van der Waals surface area contributed by atoms with Gasteiger partial charge in [0.15, 0.2) is 0 Å². The number of benzene rings is 1. The molecule has 0 bridgehead atoms. The Kier molecular flexibility index (Phi) is 3.70. The maximum atomic E-state index is 5.93. The van der Waals surface area contributed by atoms with Crippen molar-refractivity contribution in [3.05, 3.63) is 42.7 Å². The summed E-state index contributed by atoms with van der Waals surface area (Å²) < 4.78 is 5.93. The summed E-state index contributed by atoms with van der Waals surface area (Å²) in [5.41, 5.74) is 1.99. The fourth-order valence-electron chi connectivity index (χ4n) is 2.25. The molecule has 1 aliphatic rings. The van der Waals surface area contributed by atoms with Crippen LogP contribution in [0.25, 0.3) is 11.3 Å². The van der Waals surface area contributed by atoms with Crippen molar-refractivity contribution in [1.29, 1.82) is 0 Å². The minimum atomic E-state index is 0.264. The lowest BCUT2D eigenvalue weighted by atomic mass is 10.1. The highest BCUT2D eigenvalue weighted by Gasteiger charge is 2.15. The maximum absolute atomic E-state index is 5.93. The Hall–Kier alpha value is -1.94. The van der Waals surface area contributed by atoms with Crippen LogP contribution in [0.4, 0.5) is 0 Å². The van der Waals surface area contributed by atoms with Crippen molar-refractivity contribution in [3.63, 3.8) is 0 Å². The first-order valence-corrected chi connectivity index (χ1v) is 6.67. The van der Waals surface area contributed by atoms with E-state index >= 15 is 0 Å². The molecule has 1 fully saturated rings. The Morgan fingerprint density at radius 1 is 1.05 bits per heavy atom. The molecule has 1 aromatic carbocycles. The van der Waals surface area contributed by atoms with E-state index in [2.05, 4.69) is 15.3 Å². The van der Waals surface area contributed by atoms with Gasteiger partial charge in [-0.1, -0.05) is 30.3 Å². The first kappa shape index (κ1) is 12.1. The van der Waals surface area contributed by atoms with E-state index in [1.165, 1.54) is 0 Å². The first-order valence-electron chi connectivity index (χ1n) is 6.67. The van der Waals surface area contributed by atoms with E-state index in [4.69, 9.17) is 4.74 Å². The van der Waals surface area contributed by atoms with Crippen molar-refractivity contribution in [3.8, 4) is 17.1 Å². The second kappa shape index (κ2) is 5.80. The van der Waals surface area contributed by atoms with Crippen LogP contribution < -0.4 is 10.1 Å². The summed E-state index contributed by atoms with van der Waals surface area (Å²) in [6, 6.07) is 12.0. The molecule has 2 aromatic rings. The van der Waals surface area contributed by atoms with Gasteiger partial charge in [0.25, 0.3) is 0 Å². The van der Waals surface area contributed by atoms with Gasteiger partial charge in [-0.25, -0.2) is 9.97 Å². The van der Waals surface area contributed by atoms with Crippen molar-refractivity contribution >= 4 is 0 Å². The highest BCUT2D eigenvalue weighted by atomic mass is 16.5. The van der Waals surface area contributed by atoms with Crippen LogP contribution in [0.15, 0.2) is 42.7 Å². The van der Waals surface area contributed by atoms with Gasteiger partial charge < -0.3 is 10.1 Å². The van der Waals surface area contributed by atoms with E-state index in [1.54, 1.807) is 6.33 Å². The van der Waals surface area contributed by atoms with Crippen molar-refractivity contribution in [2.45, 2.75) is 18.9 Å². The van der Waals surface area contributed by atoms with Crippen LogP contribution in [-0.2, 0) is 0 Å². The summed E-state index contributed by atoms with van der Waals surface area (Å²) in [5, 5.41) is 3.32. The Morgan fingerprint density at radius 2 is 1.84 bits per heavy atom. The van der Waals surface area contributed by atoms with E-state index in [0.29, 0.717) is 5.88 Å². The lowest BCUT2D eigenvalue weighted by molar-refractivity contribution is 0.156. The Morgan fingerprint density at radius 3 is 2.63 bits per heavy atom. The number of ether oxygens (including phenoxy) is 1. The molecule has 1 saturated heterocycles. The molecule has 0 unspecified atom stereocenters. The van der Waals surface area contributed by atoms with Gasteiger partial charge in [0, 0.05) is 11.6 Å². The Labute approximate surface area is 112 Å². The fourth-order valence-corrected chi connectivity index (χ4v) is 2.25. The molecule has 0 spiro atoms. The smallest absolute Gasteiger partial charge is 0.217 e. The SMILES string of the molecule is c1ccc(-c2cc(OC3CCNCC3)ncn2)cc1. The quantitative estimate of drug-likeness (QED) is 0.914. The molecule has 0 radical (unpaired) electrons. The monoisotopic (exact) mass is 255 g/mol. The van der Waals surface area contributed by atoms with Crippen LogP contribution in [0, 0.1) is 0 Å². The maximum Gasteiger partial charge on any atom is 0.217 e. The van der Waals surface area contributed by atoms with Crippen LogP contribution in [0.3, 0.4) is 0 Å². The van der Waals surface area contributed by atoms with Gasteiger partial charge in [0.1, 0.15) is 12.4 Å². The lowest BCUT2D eigenvalue weighted by Gasteiger charge is -2.23. The lowest BCUT2D eigenvalue weighted by Crippen LogP contribution is -2.34. The van der Waals surface area contributed by atoms with E-state index in [-0.39, 0.29) is 6.10 Å². The molecule has 3 rings (SSSR count). The summed E-state index contributed by atoms with van der Waals surface area (Å²) in [4.78, 5) is 8.50. The van der Waals surface area contributed by atoms with E-state index < -0.39 is 0 Å². The number of aromatic nitrogens is 2. The molecule has 0 amide bonds. The highest BCUT2D eigenvalue weighted by Crippen LogP contribution is 2.21.